The molecule has 9 nitrogen and oxygen atoms in total. The molecule has 1 fully saturated rings. The van der Waals surface area contributed by atoms with Crippen LogP contribution in [-0.2, 0) is 20.8 Å². The van der Waals surface area contributed by atoms with Crippen molar-refractivity contribution in [1.82, 2.24) is 14.7 Å². The molecule has 184 valence electrons. The van der Waals surface area contributed by atoms with E-state index in [9.17, 15) is 29.7 Å². The molecule has 1 aromatic carbocycles. The van der Waals surface area contributed by atoms with Crippen LogP contribution in [0, 0.1) is 6.92 Å². The first-order chi connectivity index (χ1) is 15.6. The lowest BCUT2D eigenvalue weighted by Crippen LogP contribution is -2.57. The van der Waals surface area contributed by atoms with Crippen LogP contribution in [0.2, 0.25) is 0 Å². The second-order valence-corrected chi connectivity index (χ2v) is 9.24. The minimum absolute atomic E-state index is 0.00174. The Kier molecular flexibility index (Phi) is 10.3. The van der Waals surface area contributed by atoms with Gasteiger partial charge in [0, 0.05) is 24.7 Å². The first-order valence-corrected chi connectivity index (χ1v) is 11.4. The highest BCUT2D eigenvalue weighted by atomic mass is 16.4. The molecule has 3 atom stereocenters. The van der Waals surface area contributed by atoms with Gasteiger partial charge in [-0.1, -0.05) is 42.7 Å². The van der Waals surface area contributed by atoms with Gasteiger partial charge in [-0.15, -0.1) is 0 Å². The highest BCUT2D eigenvalue weighted by Crippen LogP contribution is 2.27. The summed E-state index contributed by atoms with van der Waals surface area (Å²) in [6, 6.07) is 7.54. The van der Waals surface area contributed by atoms with E-state index in [0.29, 0.717) is 6.42 Å². The molecular weight excluding hydrogens is 426 g/mol. The summed E-state index contributed by atoms with van der Waals surface area (Å²) in [6.45, 7) is 1.22. The summed E-state index contributed by atoms with van der Waals surface area (Å²) in [4.78, 5) is 40.4. The molecule has 3 N–H and O–H groups in total. The highest BCUT2D eigenvalue weighted by Gasteiger charge is 2.35. The van der Waals surface area contributed by atoms with E-state index >= 15 is 0 Å². The number of carboxylic acid groups (broad SMARTS) is 3. The van der Waals surface area contributed by atoms with Gasteiger partial charge in [-0.25, -0.2) is 0 Å². The normalized spacial score (nSPS) is 19.7. The number of hydrogen-bond donors (Lipinski definition) is 3. The van der Waals surface area contributed by atoms with E-state index in [1.165, 1.54) is 4.90 Å². The molecule has 0 amide bonds. The summed E-state index contributed by atoms with van der Waals surface area (Å²) in [5, 5.41) is 28.5. The van der Waals surface area contributed by atoms with Gasteiger partial charge in [0.1, 0.15) is 0 Å². The fourth-order valence-corrected chi connectivity index (χ4v) is 4.85. The SMILES string of the molecule is Cc1ccc(CC(CN(CC(=O)O)C2CCCCC2N(C)C)N(CC(=O)O)CC(=O)O)cc1. The summed E-state index contributed by atoms with van der Waals surface area (Å²) in [7, 11) is 3.99. The lowest BCUT2D eigenvalue weighted by molar-refractivity contribution is -0.145. The Balaban J connectivity index is 2.39. The van der Waals surface area contributed by atoms with Crippen molar-refractivity contribution < 1.29 is 29.7 Å². The number of hydrogen-bond acceptors (Lipinski definition) is 6. The zero-order valence-corrected chi connectivity index (χ0v) is 19.8. The van der Waals surface area contributed by atoms with Crippen LogP contribution >= 0.6 is 0 Å². The second-order valence-electron chi connectivity index (χ2n) is 9.24. The van der Waals surface area contributed by atoms with Crippen LogP contribution in [0.3, 0.4) is 0 Å². The van der Waals surface area contributed by atoms with Gasteiger partial charge in [-0.2, -0.15) is 0 Å². The maximum absolute atomic E-state index is 11.8. The minimum atomic E-state index is -1.11. The van der Waals surface area contributed by atoms with Gasteiger partial charge in [0.05, 0.1) is 19.6 Å². The van der Waals surface area contributed by atoms with E-state index < -0.39 is 37.0 Å². The lowest BCUT2D eigenvalue weighted by atomic mass is 9.87. The molecule has 1 aliphatic rings. The van der Waals surface area contributed by atoms with Crippen LogP contribution in [0.1, 0.15) is 36.8 Å². The van der Waals surface area contributed by atoms with Gasteiger partial charge < -0.3 is 20.2 Å². The Hall–Kier alpha value is -2.49. The maximum atomic E-state index is 11.8. The van der Waals surface area contributed by atoms with Gasteiger partial charge in [0.15, 0.2) is 0 Å². The number of nitrogens with zero attached hydrogens (tertiary/aromatic N) is 3. The molecule has 2 rings (SSSR count). The number of aryl methyl sites for hydroxylation is 1. The van der Waals surface area contributed by atoms with Crippen molar-refractivity contribution in [1.29, 1.82) is 0 Å². The third-order valence-electron chi connectivity index (χ3n) is 6.39. The van der Waals surface area contributed by atoms with Crippen molar-refractivity contribution in [3.05, 3.63) is 35.4 Å². The number of carbonyl (C=O) groups is 3. The van der Waals surface area contributed by atoms with Gasteiger partial charge >= 0.3 is 17.9 Å². The molecule has 3 unspecified atom stereocenters. The third kappa shape index (κ3) is 8.75. The topological polar surface area (TPSA) is 122 Å². The van der Waals surface area contributed by atoms with Crippen molar-refractivity contribution in [3.8, 4) is 0 Å². The van der Waals surface area contributed by atoms with Crippen molar-refractivity contribution in [2.45, 2.75) is 57.2 Å². The van der Waals surface area contributed by atoms with E-state index in [1.54, 1.807) is 0 Å². The van der Waals surface area contributed by atoms with E-state index in [1.807, 2.05) is 50.2 Å². The van der Waals surface area contributed by atoms with Gasteiger partial charge in [-0.05, 0) is 45.8 Å². The van der Waals surface area contributed by atoms with E-state index in [-0.39, 0.29) is 25.2 Å². The smallest absolute Gasteiger partial charge is 0.317 e. The van der Waals surface area contributed by atoms with Crippen molar-refractivity contribution in [3.63, 3.8) is 0 Å². The van der Waals surface area contributed by atoms with Crippen LogP contribution in [0.4, 0.5) is 0 Å². The maximum Gasteiger partial charge on any atom is 0.317 e. The molecular formula is C24H37N3O6. The van der Waals surface area contributed by atoms with E-state index in [4.69, 9.17) is 0 Å². The number of aliphatic carboxylic acids is 3. The fourth-order valence-electron chi connectivity index (χ4n) is 4.85. The van der Waals surface area contributed by atoms with Crippen LogP contribution in [-0.4, -0.2) is 106 Å². The first kappa shape index (κ1) is 26.8. The zero-order valence-electron chi connectivity index (χ0n) is 19.8. The van der Waals surface area contributed by atoms with Gasteiger partial charge in [-0.3, -0.25) is 24.2 Å². The second kappa shape index (κ2) is 12.7. The standard InChI is InChI=1S/C24H37N3O6/c1-17-8-10-18(11-9-17)12-19(26(14-22(28)29)15-23(30)31)13-27(16-24(32)33)21-7-5-4-6-20(21)25(2)3/h8-11,19-21H,4-7,12-16H2,1-3H3,(H,28,29)(H,30,31)(H,32,33). The predicted molar refractivity (Wildman–Crippen MR) is 124 cm³/mol. The predicted octanol–water partition coefficient (Wildman–Crippen LogP) is 1.64. The molecule has 0 aliphatic heterocycles. The fraction of sp³-hybridized carbons (Fsp3) is 0.625. The minimum Gasteiger partial charge on any atom is -0.480 e. The van der Waals surface area contributed by atoms with Gasteiger partial charge in [0.2, 0.25) is 0 Å². The van der Waals surface area contributed by atoms with Crippen molar-refractivity contribution >= 4 is 17.9 Å². The number of benzene rings is 1. The van der Waals surface area contributed by atoms with Gasteiger partial charge in [0.25, 0.3) is 0 Å². The number of likely N-dealkylation sites (N-methyl/N-ethyl adjacent to an activating group) is 1. The summed E-state index contributed by atoms with van der Waals surface area (Å²) in [5.41, 5.74) is 2.04. The molecule has 0 bridgehead atoms. The molecule has 1 aliphatic carbocycles. The van der Waals surface area contributed by atoms with Crippen LogP contribution in [0.5, 0.6) is 0 Å². The first-order valence-electron chi connectivity index (χ1n) is 11.4. The molecule has 1 aromatic rings. The van der Waals surface area contributed by atoms with E-state index in [2.05, 4.69) is 4.90 Å². The Bertz CT molecular complexity index is 782. The molecule has 0 heterocycles. The van der Waals surface area contributed by atoms with Crippen LogP contribution < -0.4 is 0 Å². The summed E-state index contributed by atoms with van der Waals surface area (Å²) >= 11 is 0. The summed E-state index contributed by atoms with van der Waals surface area (Å²) in [5.74, 6) is -3.17. The highest BCUT2D eigenvalue weighted by molar-refractivity contribution is 5.72. The third-order valence-corrected chi connectivity index (χ3v) is 6.39. The average Bonchev–Trinajstić information content (AvgIpc) is 2.72. The van der Waals surface area contributed by atoms with E-state index in [0.717, 1.165) is 36.8 Å². The summed E-state index contributed by atoms with van der Waals surface area (Å²) < 4.78 is 0. The molecule has 9 heteroatoms. The quantitative estimate of drug-likeness (QED) is 0.401. The Morgan fingerprint density at radius 2 is 1.39 bits per heavy atom. The largest absolute Gasteiger partial charge is 0.480 e. The Labute approximate surface area is 195 Å². The lowest BCUT2D eigenvalue weighted by Gasteiger charge is -2.44. The number of rotatable bonds is 13. The Morgan fingerprint density at radius 1 is 0.879 bits per heavy atom. The molecule has 0 spiro atoms. The molecule has 33 heavy (non-hydrogen) atoms. The van der Waals surface area contributed by atoms with Crippen molar-refractivity contribution in [2.75, 3.05) is 40.3 Å². The molecule has 1 saturated carbocycles. The average molecular weight is 464 g/mol. The van der Waals surface area contributed by atoms with Crippen LogP contribution in [0.15, 0.2) is 24.3 Å². The molecule has 0 saturated heterocycles. The molecule has 0 radical (unpaired) electrons. The monoisotopic (exact) mass is 463 g/mol. The zero-order chi connectivity index (χ0) is 24.5. The number of carboxylic acids is 3. The van der Waals surface area contributed by atoms with Crippen molar-refractivity contribution in [2.24, 2.45) is 0 Å². The molecule has 0 aromatic heterocycles. The van der Waals surface area contributed by atoms with Crippen LogP contribution in [0.25, 0.3) is 0 Å². The summed E-state index contributed by atoms with van der Waals surface area (Å²) in [6.07, 6.45) is 4.32. The Morgan fingerprint density at radius 3 is 1.88 bits per heavy atom.